The van der Waals surface area contributed by atoms with Crippen LogP contribution in [-0.4, -0.2) is 25.4 Å². The maximum atomic E-state index is 5.18. The van der Waals surface area contributed by atoms with E-state index < -0.39 is 0 Å². The molecule has 0 aliphatic carbocycles. The zero-order valence-corrected chi connectivity index (χ0v) is 18.4. The molecule has 0 saturated heterocycles. The fraction of sp³-hybridized carbons (Fsp3) is 0.0833. The van der Waals surface area contributed by atoms with Gasteiger partial charge in [0, 0.05) is 27.8 Å². The van der Waals surface area contributed by atoms with Gasteiger partial charge < -0.3 is 4.74 Å². The summed E-state index contributed by atoms with van der Waals surface area (Å²) in [6.45, 7) is 0. The van der Waals surface area contributed by atoms with E-state index in [9.17, 15) is 0 Å². The molecule has 0 atom stereocenters. The van der Waals surface area contributed by atoms with Crippen LogP contribution >= 0.6 is 23.1 Å². The quantitative estimate of drug-likeness (QED) is 0.249. The largest absolute Gasteiger partial charge is 0.497 e. The number of methoxy groups -OCH3 is 1. The Morgan fingerprint density at radius 1 is 0.933 bits per heavy atom. The molecule has 30 heavy (non-hydrogen) atoms. The maximum absolute atomic E-state index is 5.18. The van der Waals surface area contributed by atoms with Crippen LogP contribution in [0.2, 0.25) is 0 Å². The molecule has 0 bridgehead atoms. The first-order valence-corrected chi connectivity index (χ1v) is 11.1. The van der Waals surface area contributed by atoms with Crippen LogP contribution in [0.15, 0.2) is 99.1 Å². The zero-order chi connectivity index (χ0) is 20.8. The van der Waals surface area contributed by atoms with Crippen LogP contribution in [0.25, 0.3) is 11.3 Å². The molecular formula is C24H21N3OS2. The third-order valence-electron chi connectivity index (χ3n) is 4.39. The lowest BCUT2D eigenvalue weighted by molar-refractivity contribution is 0.415. The summed E-state index contributed by atoms with van der Waals surface area (Å²) in [6.07, 6.45) is 1.82. The van der Waals surface area contributed by atoms with Crippen LogP contribution in [0.4, 0.5) is 5.13 Å². The Morgan fingerprint density at radius 3 is 2.33 bits per heavy atom. The number of rotatable bonds is 7. The van der Waals surface area contributed by atoms with E-state index in [0.717, 1.165) is 27.7 Å². The molecule has 6 heteroatoms. The maximum Gasteiger partial charge on any atom is 0.206 e. The predicted octanol–water partition coefficient (Wildman–Crippen LogP) is 6.44. The van der Waals surface area contributed by atoms with E-state index in [-0.39, 0.29) is 0 Å². The van der Waals surface area contributed by atoms with Crippen molar-refractivity contribution in [3.8, 4) is 17.0 Å². The zero-order valence-electron chi connectivity index (χ0n) is 16.7. The third-order valence-corrected chi connectivity index (χ3v) is 6.32. The summed E-state index contributed by atoms with van der Waals surface area (Å²) in [7, 11) is 3.56. The van der Waals surface area contributed by atoms with Crippen molar-refractivity contribution < 1.29 is 4.74 Å². The van der Waals surface area contributed by atoms with E-state index in [4.69, 9.17) is 9.72 Å². The number of thiazole rings is 1. The Hall–Kier alpha value is -3.09. The highest BCUT2D eigenvalue weighted by Gasteiger charge is 2.08. The Labute approximate surface area is 184 Å². The van der Waals surface area contributed by atoms with Gasteiger partial charge in [-0.25, -0.2) is 9.99 Å². The summed E-state index contributed by atoms with van der Waals surface area (Å²) >= 11 is 3.33. The van der Waals surface area contributed by atoms with E-state index in [1.54, 1.807) is 35.2 Å². The topological polar surface area (TPSA) is 37.7 Å². The average Bonchev–Trinajstić information content (AvgIpc) is 3.29. The Kier molecular flexibility index (Phi) is 6.47. The fourth-order valence-electron chi connectivity index (χ4n) is 2.76. The molecular weight excluding hydrogens is 410 g/mol. The van der Waals surface area contributed by atoms with Gasteiger partial charge in [0.25, 0.3) is 0 Å². The molecule has 0 fully saturated rings. The third kappa shape index (κ3) is 5.09. The molecule has 4 aromatic rings. The lowest BCUT2D eigenvalue weighted by atomic mass is 10.2. The van der Waals surface area contributed by atoms with E-state index in [0.29, 0.717) is 0 Å². The standard InChI is InChI=1S/C24H21N3OS2/c1-27(25-16-18-8-12-20(28-2)13-9-18)24-26-23(17-29-24)19-10-14-22(15-11-19)30-21-6-4-3-5-7-21/h3-17H,1-2H3/b25-16+. The van der Waals surface area contributed by atoms with Crippen LogP contribution in [0, 0.1) is 0 Å². The summed E-state index contributed by atoms with van der Waals surface area (Å²) < 4.78 is 5.18. The van der Waals surface area contributed by atoms with Crippen LogP contribution in [0.5, 0.6) is 5.75 Å². The van der Waals surface area contributed by atoms with Crippen molar-refractivity contribution in [3.05, 3.63) is 89.8 Å². The van der Waals surface area contributed by atoms with Gasteiger partial charge in [0.1, 0.15) is 5.75 Å². The first kappa shape index (κ1) is 20.2. The van der Waals surface area contributed by atoms with E-state index in [2.05, 4.69) is 59.0 Å². The van der Waals surface area contributed by atoms with Crippen LogP contribution in [-0.2, 0) is 0 Å². The smallest absolute Gasteiger partial charge is 0.206 e. The van der Waals surface area contributed by atoms with Crippen molar-refractivity contribution in [2.75, 3.05) is 19.2 Å². The predicted molar refractivity (Wildman–Crippen MR) is 127 cm³/mol. The fourth-order valence-corrected chi connectivity index (χ4v) is 4.35. The highest BCUT2D eigenvalue weighted by Crippen LogP contribution is 2.31. The van der Waals surface area contributed by atoms with Crippen molar-refractivity contribution in [2.45, 2.75) is 9.79 Å². The van der Waals surface area contributed by atoms with E-state index in [1.807, 2.05) is 43.6 Å². The second kappa shape index (κ2) is 9.61. The molecule has 0 aliphatic heterocycles. The first-order chi connectivity index (χ1) is 14.7. The summed E-state index contributed by atoms with van der Waals surface area (Å²) in [5.74, 6) is 0.832. The molecule has 0 amide bonds. The van der Waals surface area contributed by atoms with Gasteiger partial charge in [-0.05, 0) is 54.1 Å². The van der Waals surface area contributed by atoms with Gasteiger partial charge in [-0.3, -0.25) is 0 Å². The minimum absolute atomic E-state index is 0.832. The summed E-state index contributed by atoms with van der Waals surface area (Å²) in [5, 5.41) is 9.20. The van der Waals surface area contributed by atoms with E-state index >= 15 is 0 Å². The number of nitrogens with zero attached hydrogens (tertiary/aromatic N) is 3. The molecule has 0 aliphatic rings. The van der Waals surface area contributed by atoms with E-state index in [1.165, 1.54) is 9.79 Å². The second-order valence-corrected chi connectivity index (χ2v) is 8.48. The lowest BCUT2D eigenvalue weighted by Crippen LogP contribution is -2.08. The molecule has 0 spiro atoms. The Morgan fingerprint density at radius 2 is 1.63 bits per heavy atom. The number of aromatic nitrogens is 1. The molecule has 0 saturated carbocycles. The minimum Gasteiger partial charge on any atom is -0.497 e. The van der Waals surface area contributed by atoms with Crippen molar-refractivity contribution in [3.63, 3.8) is 0 Å². The molecule has 0 radical (unpaired) electrons. The van der Waals surface area contributed by atoms with Gasteiger partial charge in [0.2, 0.25) is 5.13 Å². The van der Waals surface area contributed by atoms with Crippen LogP contribution in [0.1, 0.15) is 5.56 Å². The van der Waals surface area contributed by atoms with Gasteiger partial charge >= 0.3 is 0 Å². The van der Waals surface area contributed by atoms with Crippen LogP contribution < -0.4 is 9.75 Å². The highest BCUT2D eigenvalue weighted by atomic mass is 32.2. The molecule has 1 heterocycles. The van der Waals surface area contributed by atoms with Crippen molar-refractivity contribution >= 4 is 34.4 Å². The summed E-state index contributed by atoms with van der Waals surface area (Å²) in [6, 6.07) is 26.7. The summed E-state index contributed by atoms with van der Waals surface area (Å²) in [4.78, 5) is 7.18. The number of hydrogen-bond acceptors (Lipinski definition) is 6. The van der Waals surface area contributed by atoms with Gasteiger partial charge in [-0.15, -0.1) is 11.3 Å². The van der Waals surface area contributed by atoms with Crippen molar-refractivity contribution in [1.82, 2.24) is 4.98 Å². The normalized spacial score (nSPS) is 11.0. The number of hydrazone groups is 1. The summed E-state index contributed by atoms with van der Waals surface area (Å²) in [5.41, 5.74) is 3.06. The molecule has 150 valence electrons. The van der Waals surface area contributed by atoms with Gasteiger partial charge in [-0.1, -0.05) is 42.1 Å². The number of benzene rings is 3. The molecule has 0 unspecified atom stereocenters. The van der Waals surface area contributed by atoms with Gasteiger partial charge in [0.05, 0.1) is 19.0 Å². The Bertz CT molecular complexity index is 1110. The number of hydrogen-bond donors (Lipinski definition) is 0. The Balaban J connectivity index is 1.42. The molecule has 4 rings (SSSR count). The molecule has 4 nitrogen and oxygen atoms in total. The lowest BCUT2D eigenvalue weighted by Gasteiger charge is -2.08. The van der Waals surface area contributed by atoms with Crippen molar-refractivity contribution in [1.29, 1.82) is 0 Å². The van der Waals surface area contributed by atoms with Gasteiger partial charge in [-0.2, -0.15) is 5.10 Å². The molecule has 1 aromatic heterocycles. The SMILES string of the molecule is COc1ccc(/C=N/N(C)c2nc(-c3ccc(Sc4ccccc4)cc3)cs2)cc1. The number of ether oxygens (including phenoxy) is 1. The highest BCUT2D eigenvalue weighted by molar-refractivity contribution is 7.99. The second-order valence-electron chi connectivity index (χ2n) is 6.50. The number of anilines is 1. The molecule has 0 N–H and O–H groups in total. The molecule has 3 aromatic carbocycles. The van der Waals surface area contributed by atoms with Crippen molar-refractivity contribution in [2.24, 2.45) is 5.10 Å². The average molecular weight is 432 g/mol. The van der Waals surface area contributed by atoms with Gasteiger partial charge in [0.15, 0.2) is 0 Å². The van der Waals surface area contributed by atoms with Crippen LogP contribution in [0.3, 0.4) is 0 Å². The first-order valence-electron chi connectivity index (χ1n) is 9.42. The monoisotopic (exact) mass is 431 g/mol. The minimum atomic E-state index is 0.832.